The van der Waals surface area contributed by atoms with E-state index in [1.165, 1.54) is 4.88 Å². The van der Waals surface area contributed by atoms with E-state index in [9.17, 15) is 0 Å². The predicted molar refractivity (Wildman–Crippen MR) is 91.0 cm³/mol. The van der Waals surface area contributed by atoms with Gasteiger partial charge >= 0.3 is 0 Å². The molecule has 0 unspecified atom stereocenters. The van der Waals surface area contributed by atoms with E-state index < -0.39 is 0 Å². The molecule has 0 fully saturated rings. The van der Waals surface area contributed by atoms with Crippen LogP contribution in [0, 0.1) is 0 Å². The topological polar surface area (TPSA) is 37.8 Å². The Balaban J connectivity index is 2.37. The molecule has 3 nitrogen and oxygen atoms in total. The van der Waals surface area contributed by atoms with Crippen molar-refractivity contribution >= 4 is 22.9 Å². The Hall–Kier alpha value is -0.970. The van der Waals surface area contributed by atoms with E-state index in [-0.39, 0.29) is 5.41 Å². The molecule has 2 rings (SSSR count). The molecule has 1 N–H and O–H groups in total. The molecule has 0 spiro atoms. The number of hydrogen-bond acceptors (Lipinski definition) is 4. The largest absolute Gasteiger partial charge is 0.310 e. The Morgan fingerprint density at radius 1 is 1.29 bits per heavy atom. The van der Waals surface area contributed by atoms with E-state index in [4.69, 9.17) is 16.6 Å². The Morgan fingerprint density at radius 2 is 2.00 bits per heavy atom. The third kappa shape index (κ3) is 4.25. The van der Waals surface area contributed by atoms with Gasteiger partial charge in [0, 0.05) is 29.1 Å². The average Bonchev–Trinajstić information content (AvgIpc) is 2.81. The van der Waals surface area contributed by atoms with Crippen molar-refractivity contribution in [3.05, 3.63) is 33.9 Å². The van der Waals surface area contributed by atoms with Crippen LogP contribution in [0.3, 0.4) is 0 Å². The predicted octanol–water partition coefficient (Wildman–Crippen LogP) is 4.65. The minimum absolute atomic E-state index is 0.0230. The minimum atomic E-state index is 0.0230. The van der Waals surface area contributed by atoms with Crippen LogP contribution in [0.1, 0.15) is 45.2 Å². The number of halogens is 1. The maximum atomic E-state index is 5.90. The van der Waals surface area contributed by atoms with Crippen molar-refractivity contribution in [3.8, 4) is 10.7 Å². The second kappa shape index (κ2) is 6.42. The van der Waals surface area contributed by atoms with Gasteiger partial charge in [-0.25, -0.2) is 4.98 Å². The molecule has 0 amide bonds. The molecular weight excluding hydrogens is 302 g/mol. The monoisotopic (exact) mass is 323 g/mol. The third-order valence-corrected chi connectivity index (χ3v) is 4.33. The number of rotatable bonds is 4. The van der Waals surface area contributed by atoms with Gasteiger partial charge in [-0.15, -0.1) is 11.3 Å². The lowest BCUT2D eigenvalue weighted by molar-refractivity contribution is 0.546. The molecule has 0 aliphatic carbocycles. The van der Waals surface area contributed by atoms with Crippen molar-refractivity contribution < 1.29 is 0 Å². The molecule has 2 heterocycles. The van der Waals surface area contributed by atoms with Crippen molar-refractivity contribution in [3.63, 3.8) is 0 Å². The number of nitrogens with zero attached hydrogens (tertiary/aromatic N) is 2. The fraction of sp³-hybridized carbons (Fsp3) is 0.500. The molecular formula is C16H22ClN3S. The van der Waals surface area contributed by atoms with Gasteiger partial charge in [0.05, 0.1) is 16.4 Å². The van der Waals surface area contributed by atoms with Crippen LogP contribution in [-0.2, 0) is 12.0 Å². The van der Waals surface area contributed by atoms with Crippen LogP contribution in [0.15, 0.2) is 18.3 Å². The summed E-state index contributed by atoms with van der Waals surface area (Å²) in [5.41, 5.74) is 2.05. The van der Waals surface area contributed by atoms with Crippen LogP contribution in [0.4, 0.5) is 0 Å². The van der Waals surface area contributed by atoms with Crippen LogP contribution >= 0.6 is 22.9 Å². The van der Waals surface area contributed by atoms with Crippen LogP contribution < -0.4 is 5.32 Å². The highest BCUT2D eigenvalue weighted by atomic mass is 35.5. The lowest BCUT2D eigenvalue weighted by atomic mass is 9.91. The summed E-state index contributed by atoms with van der Waals surface area (Å²) in [4.78, 5) is 10.5. The molecule has 2 aromatic heterocycles. The van der Waals surface area contributed by atoms with Gasteiger partial charge in [-0.2, -0.15) is 0 Å². The number of aromatic nitrogens is 2. The van der Waals surface area contributed by atoms with Crippen LogP contribution in [0.2, 0.25) is 5.02 Å². The maximum Gasteiger partial charge on any atom is 0.142 e. The Labute approximate surface area is 135 Å². The first kappa shape index (κ1) is 16.4. The average molecular weight is 324 g/mol. The zero-order valence-corrected chi connectivity index (χ0v) is 14.8. The number of nitrogens with one attached hydrogen (secondary N) is 1. The molecule has 2 aromatic rings. The molecule has 0 atom stereocenters. The molecule has 0 aromatic carbocycles. The summed E-state index contributed by atoms with van der Waals surface area (Å²) in [6.45, 7) is 11.7. The third-order valence-electron chi connectivity index (χ3n) is 3.03. The van der Waals surface area contributed by atoms with Gasteiger partial charge in [-0.05, 0) is 12.1 Å². The van der Waals surface area contributed by atoms with Crippen molar-refractivity contribution in [2.45, 2.75) is 52.6 Å². The van der Waals surface area contributed by atoms with Crippen LogP contribution in [-0.4, -0.2) is 16.0 Å². The first-order valence-electron chi connectivity index (χ1n) is 7.13. The maximum absolute atomic E-state index is 5.90. The SMILES string of the molecule is CC(C)NCc1sc(-c2ccc(Cl)cn2)nc1C(C)(C)C. The summed E-state index contributed by atoms with van der Waals surface area (Å²) < 4.78 is 0. The Bertz CT molecular complexity index is 597. The van der Waals surface area contributed by atoms with Gasteiger partial charge in [0.15, 0.2) is 0 Å². The van der Waals surface area contributed by atoms with Gasteiger partial charge in [0.1, 0.15) is 5.01 Å². The quantitative estimate of drug-likeness (QED) is 0.889. The smallest absolute Gasteiger partial charge is 0.142 e. The van der Waals surface area contributed by atoms with E-state index in [1.54, 1.807) is 17.5 Å². The second-order valence-electron chi connectivity index (χ2n) is 6.44. The zero-order chi connectivity index (χ0) is 15.6. The number of pyridine rings is 1. The highest BCUT2D eigenvalue weighted by molar-refractivity contribution is 7.15. The molecule has 0 aliphatic rings. The van der Waals surface area contributed by atoms with Gasteiger partial charge in [-0.1, -0.05) is 46.2 Å². The summed E-state index contributed by atoms with van der Waals surface area (Å²) in [6.07, 6.45) is 1.67. The zero-order valence-electron chi connectivity index (χ0n) is 13.2. The summed E-state index contributed by atoms with van der Waals surface area (Å²) in [5.74, 6) is 0. The van der Waals surface area contributed by atoms with Crippen molar-refractivity contribution in [2.75, 3.05) is 0 Å². The highest BCUT2D eigenvalue weighted by Gasteiger charge is 2.24. The van der Waals surface area contributed by atoms with E-state index in [0.717, 1.165) is 22.9 Å². The molecule has 0 bridgehead atoms. The molecule has 21 heavy (non-hydrogen) atoms. The van der Waals surface area contributed by atoms with Crippen molar-refractivity contribution in [1.29, 1.82) is 0 Å². The molecule has 114 valence electrons. The van der Waals surface area contributed by atoms with E-state index in [2.05, 4.69) is 44.9 Å². The van der Waals surface area contributed by atoms with Gasteiger partial charge in [0.2, 0.25) is 0 Å². The molecule has 0 saturated heterocycles. The normalized spacial score (nSPS) is 12.1. The number of thiazole rings is 1. The minimum Gasteiger partial charge on any atom is -0.310 e. The van der Waals surface area contributed by atoms with E-state index in [1.807, 2.05) is 12.1 Å². The molecule has 0 radical (unpaired) electrons. The van der Waals surface area contributed by atoms with Gasteiger partial charge in [-0.3, -0.25) is 4.98 Å². The van der Waals surface area contributed by atoms with Gasteiger partial charge in [0.25, 0.3) is 0 Å². The number of hydrogen-bond donors (Lipinski definition) is 1. The summed E-state index contributed by atoms with van der Waals surface area (Å²) in [7, 11) is 0. The molecule has 0 saturated carbocycles. The molecule has 0 aliphatic heterocycles. The Kier molecular flexibility index (Phi) is 5.02. The fourth-order valence-electron chi connectivity index (χ4n) is 1.97. The van der Waals surface area contributed by atoms with E-state index >= 15 is 0 Å². The lowest BCUT2D eigenvalue weighted by Gasteiger charge is -2.18. The summed E-state index contributed by atoms with van der Waals surface area (Å²) in [5, 5.41) is 5.08. The lowest BCUT2D eigenvalue weighted by Crippen LogP contribution is -2.23. The van der Waals surface area contributed by atoms with Crippen LogP contribution in [0.5, 0.6) is 0 Å². The van der Waals surface area contributed by atoms with Crippen molar-refractivity contribution in [1.82, 2.24) is 15.3 Å². The standard InChI is InChI=1S/C16H22ClN3S/c1-10(2)18-9-13-14(16(3,4)5)20-15(21-13)12-7-6-11(17)8-19-12/h6-8,10,18H,9H2,1-5H3. The first-order valence-corrected chi connectivity index (χ1v) is 8.32. The van der Waals surface area contributed by atoms with Gasteiger partial charge < -0.3 is 5.32 Å². The Morgan fingerprint density at radius 3 is 2.52 bits per heavy atom. The van der Waals surface area contributed by atoms with Crippen molar-refractivity contribution in [2.24, 2.45) is 0 Å². The second-order valence-corrected chi connectivity index (χ2v) is 7.96. The first-order chi connectivity index (χ1) is 9.77. The highest BCUT2D eigenvalue weighted by Crippen LogP contribution is 2.34. The van der Waals surface area contributed by atoms with Crippen LogP contribution in [0.25, 0.3) is 10.7 Å². The summed E-state index contributed by atoms with van der Waals surface area (Å²) >= 11 is 7.61. The molecule has 5 heteroatoms. The summed E-state index contributed by atoms with van der Waals surface area (Å²) in [6, 6.07) is 4.23. The fourth-order valence-corrected chi connectivity index (χ4v) is 3.28. The van der Waals surface area contributed by atoms with E-state index in [0.29, 0.717) is 11.1 Å².